The minimum atomic E-state index is -0.0946. The molecule has 0 aliphatic heterocycles. The molecule has 1 N–H and O–H groups in total. The number of nitrogens with zero attached hydrogens (tertiary/aromatic N) is 1. The average molecular weight is 349 g/mol. The minimum absolute atomic E-state index is 0.0946. The lowest BCUT2D eigenvalue weighted by atomic mass is 10.2. The largest absolute Gasteiger partial charge is 0.322 e. The van der Waals surface area contributed by atoms with E-state index in [0.717, 1.165) is 19.4 Å². The van der Waals surface area contributed by atoms with Gasteiger partial charge in [-0.15, -0.1) is 0 Å². The van der Waals surface area contributed by atoms with Gasteiger partial charge in [-0.05, 0) is 30.5 Å². The maximum atomic E-state index is 12.4. The summed E-state index contributed by atoms with van der Waals surface area (Å²) in [6.45, 7) is 1.11. The Morgan fingerprint density at radius 3 is 2.30 bits per heavy atom. The highest BCUT2D eigenvalue weighted by atomic mass is 35.5. The van der Waals surface area contributed by atoms with Crippen molar-refractivity contribution < 1.29 is 4.79 Å². The van der Waals surface area contributed by atoms with E-state index >= 15 is 0 Å². The number of carbonyl (C=O) groups is 1. The van der Waals surface area contributed by atoms with Crippen LogP contribution in [0.15, 0.2) is 48.5 Å². The Balaban J connectivity index is 1.65. The van der Waals surface area contributed by atoms with E-state index in [0.29, 0.717) is 28.3 Å². The molecule has 0 spiro atoms. The van der Waals surface area contributed by atoms with E-state index in [1.807, 2.05) is 18.2 Å². The predicted molar refractivity (Wildman–Crippen MR) is 95.0 cm³/mol. The fourth-order valence-corrected chi connectivity index (χ4v) is 3.04. The number of hydrogen-bond acceptors (Lipinski definition) is 2. The fraction of sp³-hybridized carbons (Fsp3) is 0.278. The van der Waals surface area contributed by atoms with Gasteiger partial charge in [-0.2, -0.15) is 0 Å². The SMILES string of the molecule is O=C(CN(Cc1ccccc1)C1CC1)Nc1c(Cl)cccc1Cl. The van der Waals surface area contributed by atoms with Gasteiger partial charge >= 0.3 is 0 Å². The van der Waals surface area contributed by atoms with Gasteiger partial charge in [-0.1, -0.05) is 59.6 Å². The Bertz CT molecular complexity index is 666. The maximum absolute atomic E-state index is 12.4. The zero-order valence-corrected chi connectivity index (χ0v) is 14.1. The quantitative estimate of drug-likeness (QED) is 0.827. The highest BCUT2D eigenvalue weighted by molar-refractivity contribution is 6.39. The predicted octanol–water partition coefficient (Wildman–Crippen LogP) is 4.60. The molecule has 0 radical (unpaired) electrons. The molecule has 0 unspecified atom stereocenters. The maximum Gasteiger partial charge on any atom is 0.238 e. The van der Waals surface area contributed by atoms with Crippen LogP contribution in [0.5, 0.6) is 0 Å². The minimum Gasteiger partial charge on any atom is -0.322 e. The van der Waals surface area contributed by atoms with Crippen molar-refractivity contribution in [1.29, 1.82) is 0 Å². The van der Waals surface area contributed by atoms with Crippen molar-refractivity contribution in [3.63, 3.8) is 0 Å². The summed E-state index contributed by atoms with van der Waals surface area (Å²) in [7, 11) is 0. The number of nitrogens with one attached hydrogen (secondary N) is 1. The first-order chi connectivity index (χ1) is 11.1. The summed E-state index contributed by atoms with van der Waals surface area (Å²) in [6.07, 6.45) is 2.29. The number of hydrogen-bond donors (Lipinski definition) is 1. The summed E-state index contributed by atoms with van der Waals surface area (Å²) in [4.78, 5) is 14.6. The van der Waals surface area contributed by atoms with Crippen molar-refractivity contribution in [3.05, 3.63) is 64.1 Å². The lowest BCUT2D eigenvalue weighted by Gasteiger charge is -2.22. The van der Waals surface area contributed by atoms with Crippen LogP contribution in [0.1, 0.15) is 18.4 Å². The molecule has 2 aromatic rings. The lowest BCUT2D eigenvalue weighted by Crippen LogP contribution is -2.34. The molecule has 0 saturated heterocycles. The van der Waals surface area contributed by atoms with Crippen LogP contribution in [-0.4, -0.2) is 23.4 Å². The van der Waals surface area contributed by atoms with Crippen LogP contribution < -0.4 is 5.32 Å². The molecular weight excluding hydrogens is 331 g/mol. The molecule has 0 bridgehead atoms. The van der Waals surface area contributed by atoms with Crippen LogP contribution in [0.4, 0.5) is 5.69 Å². The Morgan fingerprint density at radius 1 is 1.04 bits per heavy atom. The third-order valence-electron chi connectivity index (χ3n) is 3.87. The number of halogens is 2. The molecule has 0 atom stereocenters. The smallest absolute Gasteiger partial charge is 0.238 e. The van der Waals surface area contributed by atoms with Crippen LogP contribution in [-0.2, 0) is 11.3 Å². The zero-order chi connectivity index (χ0) is 16.2. The van der Waals surface area contributed by atoms with Crippen LogP contribution in [0, 0.1) is 0 Å². The number of amides is 1. The molecule has 23 heavy (non-hydrogen) atoms. The summed E-state index contributed by atoms with van der Waals surface area (Å²) >= 11 is 12.2. The van der Waals surface area contributed by atoms with E-state index in [-0.39, 0.29) is 5.91 Å². The van der Waals surface area contributed by atoms with E-state index in [1.165, 1.54) is 5.56 Å². The fourth-order valence-electron chi connectivity index (χ4n) is 2.55. The van der Waals surface area contributed by atoms with Crippen LogP contribution >= 0.6 is 23.2 Å². The van der Waals surface area contributed by atoms with Crippen molar-refractivity contribution >= 4 is 34.8 Å². The summed E-state index contributed by atoms with van der Waals surface area (Å²) in [5.74, 6) is -0.0946. The zero-order valence-electron chi connectivity index (χ0n) is 12.6. The molecule has 2 aromatic carbocycles. The van der Waals surface area contributed by atoms with Gasteiger partial charge in [0.2, 0.25) is 5.91 Å². The van der Waals surface area contributed by atoms with Gasteiger partial charge in [0.25, 0.3) is 0 Å². The Morgan fingerprint density at radius 2 is 1.70 bits per heavy atom. The second-order valence-electron chi connectivity index (χ2n) is 5.77. The summed E-state index contributed by atoms with van der Waals surface area (Å²) in [5, 5.41) is 3.73. The molecular formula is C18H18Cl2N2O. The normalized spacial score (nSPS) is 14.0. The molecule has 3 nitrogen and oxygen atoms in total. The van der Waals surface area contributed by atoms with Gasteiger partial charge in [-0.25, -0.2) is 0 Å². The van der Waals surface area contributed by atoms with Crippen molar-refractivity contribution in [2.75, 3.05) is 11.9 Å². The average Bonchev–Trinajstić information content (AvgIpc) is 3.36. The molecule has 1 aliphatic rings. The second-order valence-corrected chi connectivity index (χ2v) is 6.58. The van der Waals surface area contributed by atoms with Crippen molar-refractivity contribution in [1.82, 2.24) is 4.90 Å². The lowest BCUT2D eigenvalue weighted by molar-refractivity contribution is -0.117. The van der Waals surface area contributed by atoms with Crippen LogP contribution in [0.3, 0.4) is 0 Å². The molecule has 1 aliphatic carbocycles. The molecule has 1 saturated carbocycles. The number of anilines is 1. The van der Waals surface area contributed by atoms with E-state index < -0.39 is 0 Å². The van der Waals surface area contributed by atoms with Gasteiger partial charge in [0.05, 0.1) is 22.3 Å². The monoisotopic (exact) mass is 348 g/mol. The van der Waals surface area contributed by atoms with Gasteiger partial charge in [0, 0.05) is 12.6 Å². The van der Waals surface area contributed by atoms with Gasteiger partial charge in [0.1, 0.15) is 0 Å². The van der Waals surface area contributed by atoms with Gasteiger partial charge < -0.3 is 5.32 Å². The van der Waals surface area contributed by atoms with Crippen molar-refractivity contribution in [2.24, 2.45) is 0 Å². The topological polar surface area (TPSA) is 32.3 Å². The van der Waals surface area contributed by atoms with Crippen LogP contribution in [0.2, 0.25) is 10.0 Å². The van der Waals surface area contributed by atoms with Crippen molar-refractivity contribution in [2.45, 2.75) is 25.4 Å². The number of rotatable bonds is 6. The molecule has 0 heterocycles. The molecule has 0 aromatic heterocycles. The molecule has 5 heteroatoms. The highest BCUT2D eigenvalue weighted by Gasteiger charge is 2.30. The number of benzene rings is 2. The van der Waals surface area contributed by atoms with Crippen molar-refractivity contribution in [3.8, 4) is 0 Å². The van der Waals surface area contributed by atoms with E-state index in [4.69, 9.17) is 23.2 Å². The first kappa shape index (κ1) is 16.3. The molecule has 1 fully saturated rings. The first-order valence-corrected chi connectivity index (χ1v) is 8.41. The van der Waals surface area contributed by atoms with Crippen LogP contribution in [0.25, 0.3) is 0 Å². The Kier molecular flexibility index (Phi) is 5.21. The van der Waals surface area contributed by atoms with E-state index in [9.17, 15) is 4.79 Å². The summed E-state index contributed by atoms with van der Waals surface area (Å²) in [5.41, 5.74) is 1.69. The van der Waals surface area contributed by atoms with Gasteiger partial charge in [0.15, 0.2) is 0 Å². The van der Waals surface area contributed by atoms with E-state index in [2.05, 4.69) is 22.3 Å². The van der Waals surface area contributed by atoms with Gasteiger partial charge in [-0.3, -0.25) is 9.69 Å². The standard InChI is InChI=1S/C18H18Cl2N2O/c19-15-7-4-8-16(20)18(15)21-17(23)12-22(14-9-10-14)11-13-5-2-1-3-6-13/h1-8,14H,9-12H2,(H,21,23). The Hall–Kier alpha value is -1.55. The Labute approximate surface area is 146 Å². The number of carbonyl (C=O) groups excluding carboxylic acids is 1. The second kappa shape index (κ2) is 7.35. The summed E-state index contributed by atoms with van der Waals surface area (Å²) < 4.78 is 0. The third kappa shape index (κ3) is 4.47. The number of para-hydroxylation sites is 1. The molecule has 3 rings (SSSR count). The highest BCUT2D eigenvalue weighted by Crippen LogP contribution is 2.31. The molecule has 120 valence electrons. The van der Waals surface area contributed by atoms with E-state index in [1.54, 1.807) is 18.2 Å². The third-order valence-corrected chi connectivity index (χ3v) is 4.50. The summed E-state index contributed by atoms with van der Waals surface area (Å²) in [6, 6.07) is 15.9. The molecule has 1 amide bonds. The first-order valence-electron chi connectivity index (χ1n) is 7.65.